The second-order valence-electron chi connectivity index (χ2n) is 2.40. The van der Waals surface area contributed by atoms with Crippen LogP contribution in [0, 0.1) is 5.82 Å². The van der Waals surface area contributed by atoms with Gasteiger partial charge < -0.3 is 11.5 Å². The molecule has 0 radical (unpaired) electrons. The van der Waals surface area contributed by atoms with Crippen molar-refractivity contribution in [1.29, 1.82) is 0 Å². The molecule has 0 fully saturated rings. The molecule has 6 heteroatoms. The summed E-state index contributed by atoms with van der Waals surface area (Å²) in [4.78, 5) is 0. The molecule has 74 valence electrons. The molecule has 0 saturated heterocycles. The lowest BCUT2D eigenvalue weighted by molar-refractivity contribution is 0.626. The maximum atomic E-state index is 13.1. The molecular weight excluding hydrogens is 207 g/mol. The number of benzene rings is 1. The van der Waals surface area contributed by atoms with Crippen molar-refractivity contribution in [2.45, 2.75) is 0 Å². The van der Waals surface area contributed by atoms with E-state index in [0.29, 0.717) is 0 Å². The molecule has 1 rings (SSSR count). The summed E-state index contributed by atoms with van der Waals surface area (Å²) in [5.41, 5.74) is 10.2. The molecule has 0 spiro atoms. The van der Waals surface area contributed by atoms with Gasteiger partial charge in [0.1, 0.15) is 5.82 Å². The third-order valence-electron chi connectivity index (χ3n) is 1.36. The molecule has 0 aliphatic heterocycles. The standard InChI is InChI=1S/C8H8ClFN4/c9-6-2-1-3-7(10)5(6)4-13-14-8(11)12/h1-4H,(H4,11,12,14)/b13-4-. The molecule has 14 heavy (non-hydrogen) atoms. The second kappa shape index (κ2) is 4.57. The fourth-order valence-corrected chi connectivity index (χ4v) is 0.999. The van der Waals surface area contributed by atoms with Gasteiger partial charge in [-0.2, -0.15) is 5.10 Å². The molecule has 0 amide bonds. The summed E-state index contributed by atoms with van der Waals surface area (Å²) in [6.45, 7) is 0. The van der Waals surface area contributed by atoms with E-state index in [1.165, 1.54) is 12.1 Å². The predicted molar refractivity (Wildman–Crippen MR) is 54.8 cm³/mol. The Kier molecular flexibility index (Phi) is 3.41. The minimum atomic E-state index is -0.480. The van der Waals surface area contributed by atoms with Gasteiger partial charge in [0, 0.05) is 5.56 Å². The first-order chi connectivity index (χ1) is 6.61. The number of nitrogens with zero attached hydrogens (tertiary/aromatic N) is 2. The van der Waals surface area contributed by atoms with Crippen LogP contribution in [0.25, 0.3) is 0 Å². The Morgan fingerprint density at radius 2 is 2.14 bits per heavy atom. The van der Waals surface area contributed by atoms with Crippen LogP contribution in [0.2, 0.25) is 5.02 Å². The van der Waals surface area contributed by atoms with Crippen LogP contribution in [-0.4, -0.2) is 12.2 Å². The van der Waals surface area contributed by atoms with Crippen molar-refractivity contribution in [3.8, 4) is 0 Å². The fraction of sp³-hybridized carbons (Fsp3) is 0. The van der Waals surface area contributed by atoms with Crippen molar-refractivity contribution >= 4 is 23.8 Å². The molecule has 1 aromatic carbocycles. The summed E-state index contributed by atoms with van der Waals surface area (Å²) in [6, 6.07) is 4.31. The summed E-state index contributed by atoms with van der Waals surface area (Å²) in [5, 5.41) is 7.02. The van der Waals surface area contributed by atoms with Crippen LogP contribution in [0.3, 0.4) is 0 Å². The van der Waals surface area contributed by atoms with E-state index in [-0.39, 0.29) is 16.5 Å². The van der Waals surface area contributed by atoms with Crippen molar-refractivity contribution < 1.29 is 4.39 Å². The van der Waals surface area contributed by atoms with Crippen LogP contribution in [0.4, 0.5) is 4.39 Å². The first-order valence-corrected chi connectivity index (χ1v) is 4.05. The van der Waals surface area contributed by atoms with Crippen molar-refractivity contribution in [3.63, 3.8) is 0 Å². The van der Waals surface area contributed by atoms with Gasteiger partial charge in [0.05, 0.1) is 11.2 Å². The number of halogens is 2. The molecule has 4 nitrogen and oxygen atoms in total. The predicted octanol–water partition coefficient (Wildman–Crippen LogP) is 1.09. The van der Waals surface area contributed by atoms with Crippen LogP contribution < -0.4 is 11.5 Å². The Balaban J connectivity index is 2.97. The highest BCUT2D eigenvalue weighted by atomic mass is 35.5. The number of rotatable bonds is 2. The molecule has 0 atom stereocenters. The highest BCUT2D eigenvalue weighted by molar-refractivity contribution is 6.33. The first kappa shape index (κ1) is 10.5. The van der Waals surface area contributed by atoms with Crippen molar-refractivity contribution in [1.82, 2.24) is 0 Å². The molecular formula is C8H8ClFN4. The molecule has 0 unspecified atom stereocenters. The molecule has 0 bridgehead atoms. The van der Waals surface area contributed by atoms with Gasteiger partial charge in [0.2, 0.25) is 5.96 Å². The topological polar surface area (TPSA) is 76.8 Å². The number of guanidine groups is 1. The average Bonchev–Trinajstić information content (AvgIpc) is 2.09. The van der Waals surface area contributed by atoms with E-state index in [1.807, 2.05) is 0 Å². The van der Waals surface area contributed by atoms with Crippen molar-refractivity contribution in [2.75, 3.05) is 0 Å². The largest absolute Gasteiger partial charge is 0.369 e. The second-order valence-corrected chi connectivity index (χ2v) is 2.81. The molecule has 0 aromatic heterocycles. The minimum absolute atomic E-state index is 0.152. The maximum absolute atomic E-state index is 13.1. The SMILES string of the molecule is NC(N)=N/N=C\c1c(F)cccc1Cl. The Morgan fingerprint density at radius 3 is 2.71 bits per heavy atom. The fourth-order valence-electron chi connectivity index (χ4n) is 0.787. The van der Waals surface area contributed by atoms with E-state index >= 15 is 0 Å². The Morgan fingerprint density at radius 1 is 1.43 bits per heavy atom. The zero-order chi connectivity index (χ0) is 10.6. The summed E-state index contributed by atoms with van der Waals surface area (Å²) in [7, 11) is 0. The van der Waals surface area contributed by atoms with E-state index in [1.54, 1.807) is 6.07 Å². The van der Waals surface area contributed by atoms with E-state index in [2.05, 4.69) is 10.2 Å². The molecule has 1 aromatic rings. The summed E-state index contributed by atoms with van der Waals surface area (Å²) in [6.07, 6.45) is 1.15. The smallest absolute Gasteiger partial charge is 0.211 e. The third-order valence-corrected chi connectivity index (χ3v) is 1.69. The van der Waals surface area contributed by atoms with Crippen molar-refractivity contribution in [3.05, 3.63) is 34.6 Å². The lowest BCUT2D eigenvalue weighted by Crippen LogP contribution is -2.21. The monoisotopic (exact) mass is 214 g/mol. The summed E-state index contributed by atoms with van der Waals surface area (Å²) >= 11 is 5.70. The van der Waals surface area contributed by atoms with Gasteiger partial charge >= 0.3 is 0 Å². The van der Waals surface area contributed by atoms with Crippen LogP contribution in [0.15, 0.2) is 28.4 Å². The van der Waals surface area contributed by atoms with Gasteiger partial charge in [-0.1, -0.05) is 17.7 Å². The highest BCUT2D eigenvalue weighted by Crippen LogP contribution is 2.16. The van der Waals surface area contributed by atoms with E-state index < -0.39 is 5.82 Å². The molecule has 0 saturated carbocycles. The van der Waals surface area contributed by atoms with Crippen LogP contribution in [0.5, 0.6) is 0 Å². The highest BCUT2D eigenvalue weighted by Gasteiger charge is 2.02. The normalized spacial score (nSPS) is 10.4. The van der Waals surface area contributed by atoms with Gasteiger partial charge in [0.25, 0.3) is 0 Å². The Labute approximate surface area is 85.1 Å². The Hall–Kier alpha value is -1.62. The van der Waals surface area contributed by atoms with Gasteiger partial charge in [-0.25, -0.2) is 4.39 Å². The van der Waals surface area contributed by atoms with Gasteiger partial charge in [-0.05, 0) is 12.1 Å². The number of nitrogens with two attached hydrogens (primary N) is 2. The van der Waals surface area contributed by atoms with Gasteiger partial charge in [-0.3, -0.25) is 0 Å². The van der Waals surface area contributed by atoms with E-state index in [9.17, 15) is 4.39 Å². The quantitative estimate of drug-likeness (QED) is 0.439. The molecule has 0 aliphatic rings. The van der Waals surface area contributed by atoms with Crippen molar-refractivity contribution in [2.24, 2.45) is 21.7 Å². The summed E-state index contributed by atoms with van der Waals surface area (Å²) < 4.78 is 13.1. The summed E-state index contributed by atoms with van der Waals surface area (Å²) in [5.74, 6) is -0.680. The zero-order valence-electron chi connectivity index (χ0n) is 7.11. The minimum Gasteiger partial charge on any atom is -0.369 e. The zero-order valence-corrected chi connectivity index (χ0v) is 7.87. The number of hydrogen-bond donors (Lipinski definition) is 2. The van der Waals surface area contributed by atoms with Gasteiger partial charge in [0.15, 0.2) is 0 Å². The van der Waals surface area contributed by atoms with Crippen LogP contribution >= 0.6 is 11.6 Å². The van der Waals surface area contributed by atoms with E-state index in [0.717, 1.165) is 6.21 Å². The third kappa shape index (κ3) is 2.70. The lowest BCUT2D eigenvalue weighted by atomic mass is 10.2. The Bertz CT molecular complexity index is 365. The molecule has 0 heterocycles. The maximum Gasteiger partial charge on any atom is 0.211 e. The number of hydrogen-bond acceptors (Lipinski definition) is 2. The van der Waals surface area contributed by atoms with Crippen LogP contribution in [0.1, 0.15) is 5.56 Å². The van der Waals surface area contributed by atoms with E-state index in [4.69, 9.17) is 23.1 Å². The van der Waals surface area contributed by atoms with Crippen LogP contribution in [-0.2, 0) is 0 Å². The van der Waals surface area contributed by atoms with Gasteiger partial charge in [-0.15, -0.1) is 5.10 Å². The molecule has 4 N–H and O–H groups in total. The lowest BCUT2D eigenvalue weighted by Gasteiger charge is -1.97. The first-order valence-electron chi connectivity index (χ1n) is 3.67. The molecule has 0 aliphatic carbocycles. The average molecular weight is 215 g/mol.